The summed E-state index contributed by atoms with van der Waals surface area (Å²) < 4.78 is 23.4. The zero-order valence-corrected chi connectivity index (χ0v) is 39.9. The minimum absolute atomic E-state index is 0.00960. The number of carbonyl (C=O) groups excluding carboxylic acids is 4. The lowest BCUT2D eigenvalue weighted by Gasteiger charge is -2.31. The van der Waals surface area contributed by atoms with Gasteiger partial charge in [0.05, 0.1) is 55.2 Å². The third-order valence-electron chi connectivity index (χ3n) is 12.4. The van der Waals surface area contributed by atoms with Gasteiger partial charge in [0.1, 0.15) is 42.5 Å². The predicted octanol–water partition coefficient (Wildman–Crippen LogP) is 7.02. The van der Waals surface area contributed by atoms with Gasteiger partial charge in [-0.1, -0.05) is 37.1 Å². The number of thiophene rings is 1. The van der Waals surface area contributed by atoms with E-state index in [1.165, 1.54) is 16.2 Å². The summed E-state index contributed by atoms with van der Waals surface area (Å²) in [5, 5.41) is 37.1. The predicted molar refractivity (Wildman–Crippen MR) is 263 cm³/mol. The summed E-state index contributed by atoms with van der Waals surface area (Å²) in [6, 6.07) is 24.7. The topological polar surface area (TPSA) is 206 Å². The number of aromatic hydroxyl groups is 2. The van der Waals surface area contributed by atoms with Crippen molar-refractivity contribution in [1.29, 1.82) is 0 Å². The number of aromatic nitrogens is 1. The summed E-state index contributed by atoms with van der Waals surface area (Å²) in [5.41, 5.74) is 6.51. The molecule has 3 atom stereocenters. The molecular weight excluding hydrogens is 921 g/mol. The Hall–Kier alpha value is -6.21. The maximum atomic E-state index is 14.1. The quantitative estimate of drug-likeness (QED) is 0.0344. The largest absolute Gasteiger partial charge is 0.508 e. The van der Waals surface area contributed by atoms with E-state index in [4.69, 9.17) is 18.9 Å². The van der Waals surface area contributed by atoms with E-state index in [2.05, 4.69) is 15.6 Å². The number of amides is 3. The maximum absolute atomic E-state index is 14.1. The molecule has 2 aromatic heterocycles. The molecule has 0 spiro atoms. The Morgan fingerprint density at radius 1 is 0.797 bits per heavy atom. The van der Waals surface area contributed by atoms with Gasteiger partial charge in [0.15, 0.2) is 5.78 Å². The number of aryl methyl sites for hydroxylation is 1. The van der Waals surface area contributed by atoms with Gasteiger partial charge in [-0.3, -0.25) is 19.2 Å². The standard InChI is InChI=1S/C52H56N4O11S2/c1-32-49(68-31-54-32)36-8-6-33(7-9-36)28-53-51(62)43-26-40(59)29-56(43)52(63)47(34-4-2-3-5-34)55-45(60)30-66-23-22-64-20-21-65-24-25-67-41-17-12-35(13-18-41)48(61)46-42-19-16-39(58)27-44(42)69-50(46)37-10-14-38(57)15-11-37/h6-19,27,31,34,40,43,47,57-59H,2-5,20-26,28-30H2,1H3,(H,53,62)(H,55,60)/t40-,43+,47+/m1/s1. The number of β-amino-alcohol motifs (C(OH)–C–C–N with tert-alkyl or cyclic N) is 1. The molecule has 69 heavy (non-hydrogen) atoms. The van der Waals surface area contributed by atoms with Crippen molar-refractivity contribution in [3.63, 3.8) is 0 Å². The summed E-state index contributed by atoms with van der Waals surface area (Å²) in [6.07, 6.45) is 2.68. The molecule has 3 amide bonds. The Morgan fingerprint density at radius 3 is 2.14 bits per heavy atom. The SMILES string of the molecule is Cc1ncsc1-c1ccc(CNC(=O)[C@@H]2C[C@@H](O)CN2C(=O)[C@@H](NC(=O)COCCOCCOCCOc2ccc(C(=O)c3c(-c4ccc(O)cc4)sc4cc(O)ccc34)cc2)C2CCCC2)cc1. The second-order valence-corrected chi connectivity index (χ2v) is 19.1. The van der Waals surface area contributed by atoms with Crippen LogP contribution >= 0.6 is 22.7 Å². The molecule has 15 nitrogen and oxygen atoms in total. The molecule has 0 radical (unpaired) electrons. The number of phenolic OH excluding ortho intramolecular Hbond substituents is 2. The van der Waals surface area contributed by atoms with E-state index in [0.717, 1.165) is 67.9 Å². The number of likely N-dealkylation sites (tertiary alicyclic amines) is 1. The minimum Gasteiger partial charge on any atom is -0.508 e. The number of benzene rings is 4. The van der Waals surface area contributed by atoms with Crippen LogP contribution in [0.3, 0.4) is 0 Å². The van der Waals surface area contributed by atoms with Crippen LogP contribution in [0.15, 0.2) is 96.5 Å². The Balaban J connectivity index is 0.720. The Labute approximate surface area is 408 Å². The first kappa shape index (κ1) is 49.2. The Kier molecular flexibility index (Phi) is 16.7. The van der Waals surface area contributed by atoms with E-state index in [-0.39, 0.29) is 81.0 Å². The third kappa shape index (κ3) is 12.5. The van der Waals surface area contributed by atoms with E-state index in [1.54, 1.807) is 78.1 Å². The number of ketones is 1. The Bertz CT molecular complexity index is 2700. The summed E-state index contributed by atoms with van der Waals surface area (Å²) in [6.45, 7) is 3.52. The number of nitrogens with zero attached hydrogens (tertiary/aromatic N) is 2. The first-order valence-corrected chi connectivity index (χ1v) is 24.8. The summed E-state index contributed by atoms with van der Waals surface area (Å²) in [5.74, 6) is -0.616. The number of phenols is 2. The van der Waals surface area contributed by atoms with Crippen LogP contribution in [0.4, 0.5) is 0 Å². The van der Waals surface area contributed by atoms with E-state index in [1.807, 2.05) is 36.7 Å². The molecule has 1 saturated heterocycles. The number of carbonyl (C=O) groups is 4. The molecule has 2 fully saturated rings. The smallest absolute Gasteiger partial charge is 0.246 e. The molecule has 17 heteroatoms. The van der Waals surface area contributed by atoms with Crippen molar-refractivity contribution in [3.05, 3.63) is 119 Å². The van der Waals surface area contributed by atoms with Gasteiger partial charge in [0.25, 0.3) is 0 Å². The van der Waals surface area contributed by atoms with E-state index < -0.39 is 24.1 Å². The molecule has 0 bridgehead atoms. The lowest BCUT2D eigenvalue weighted by atomic mass is 9.96. The number of hydrogen-bond acceptors (Lipinski definition) is 14. The van der Waals surface area contributed by atoms with Gasteiger partial charge in [-0.25, -0.2) is 4.98 Å². The number of rotatable bonds is 22. The average molecular weight is 977 g/mol. The lowest BCUT2D eigenvalue weighted by molar-refractivity contribution is -0.143. The first-order valence-electron chi connectivity index (χ1n) is 23.1. The van der Waals surface area contributed by atoms with Gasteiger partial charge in [-0.15, -0.1) is 22.7 Å². The maximum Gasteiger partial charge on any atom is 0.246 e. The van der Waals surface area contributed by atoms with Crippen molar-refractivity contribution in [2.75, 3.05) is 52.8 Å². The number of thiazole rings is 1. The highest BCUT2D eigenvalue weighted by Crippen LogP contribution is 2.42. The lowest BCUT2D eigenvalue weighted by Crippen LogP contribution is -2.56. The molecule has 1 aliphatic heterocycles. The first-order chi connectivity index (χ1) is 33.5. The van der Waals surface area contributed by atoms with Crippen LogP contribution in [0.1, 0.15) is 59.3 Å². The summed E-state index contributed by atoms with van der Waals surface area (Å²) in [7, 11) is 0. The Morgan fingerprint density at radius 2 is 1.45 bits per heavy atom. The summed E-state index contributed by atoms with van der Waals surface area (Å²) in [4.78, 5) is 62.1. The fourth-order valence-electron chi connectivity index (χ4n) is 8.83. The molecule has 5 N–H and O–H groups in total. The van der Waals surface area contributed by atoms with Crippen LogP contribution in [-0.4, -0.2) is 120 Å². The van der Waals surface area contributed by atoms with Crippen LogP contribution in [0.5, 0.6) is 17.2 Å². The van der Waals surface area contributed by atoms with Crippen molar-refractivity contribution < 1.29 is 53.4 Å². The van der Waals surface area contributed by atoms with Gasteiger partial charge in [-0.05, 0) is 109 Å². The highest BCUT2D eigenvalue weighted by atomic mass is 32.1. The monoisotopic (exact) mass is 976 g/mol. The molecule has 362 valence electrons. The van der Waals surface area contributed by atoms with Gasteiger partial charge in [0, 0.05) is 45.6 Å². The average Bonchev–Trinajstić information content (AvgIpc) is 4.19. The molecular formula is C52H56N4O11S2. The normalized spacial score (nSPS) is 16.5. The third-order valence-corrected chi connectivity index (χ3v) is 14.5. The number of hydrogen-bond donors (Lipinski definition) is 5. The molecule has 1 aliphatic carbocycles. The molecule has 8 rings (SSSR count). The van der Waals surface area contributed by atoms with E-state index in [9.17, 15) is 34.5 Å². The van der Waals surface area contributed by atoms with Crippen molar-refractivity contribution in [1.82, 2.24) is 20.5 Å². The second kappa shape index (κ2) is 23.4. The fourth-order valence-corrected chi connectivity index (χ4v) is 10.9. The highest BCUT2D eigenvalue weighted by Gasteiger charge is 2.44. The van der Waals surface area contributed by atoms with Crippen LogP contribution in [-0.2, 0) is 35.1 Å². The number of aliphatic hydroxyl groups excluding tert-OH is 1. The van der Waals surface area contributed by atoms with Crippen LogP contribution in [0.2, 0.25) is 0 Å². The number of ether oxygens (including phenoxy) is 4. The van der Waals surface area contributed by atoms with E-state index >= 15 is 0 Å². The number of fused-ring (bicyclic) bond motifs is 1. The van der Waals surface area contributed by atoms with Gasteiger partial charge < -0.3 is 49.8 Å². The zero-order chi connectivity index (χ0) is 48.3. The molecule has 1 saturated carbocycles. The molecule has 4 aromatic carbocycles. The fraction of sp³-hybridized carbons (Fsp3) is 0.365. The molecule has 6 aromatic rings. The van der Waals surface area contributed by atoms with Crippen LogP contribution < -0.4 is 15.4 Å². The second-order valence-electron chi connectivity index (χ2n) is 17.2. The molecule has 2 aliphatic rings. The minimum atomic E-state index is -0.861. The van der Waals surface area contributed by atoms with Crippen LogP contribution in [0, 0.1) is 12.8 Å². The number of nitrogens with one attached hydrogen (secondary N) is 2. The zero-order valence-electron chi connectivity index (χ0n) is 38.3. The molecule has 0 unspecified atom stereocenters. The summed E-state index contributed by atoms with van der Waals surface area (Å²) >= 11 is 2.97. The van der Waals surface area contributed by atoms with Crippen molar-refractivity contribution in [3.8, 4) is 38.1 Å². The van der Waals surface area contributed by atoms with Gasteiger partial charge in [0.2, 0.25) is 17.7 Å². The molecule has 3 heterocycles. The van der Waals surface area contributed by atoms with Gasteiger partial charge >= 0.3 is 0 Å². The van der Waals surface area contributed by atoms with Crippen LogP contribution in [0.25, 0.3) is 31.0 Å². The van der Waals surface area contributed by atoms with E-state index in [0.29, 0.717) is 36.7 Å². The van der Waals surface area contributed by atoms with Gasteiger partial charge in [-0.2, -0.15) is 0 Å². The van der Waals surface area contributed by atoms with Crippen molar-refractivity contribution in [2.24, 2.45) is 5.92 Å². The highest BCUT2D eigenvalue weighted by molar-refractivity contribution is 7.22. The van der Waals surface area contributed by atoms with Crippen molar-refractivity contribution >= 4 is 56.3 Å². The van der Waals surface area contributed by atoms with Crippen molar-refractivity contribution in [2.45, 2.75) is 63.8 Å². The number of aliphatic hydroxyl groups is 1.